The minimum atomic E-state index is 0.130. The van der Waals surface area contributed by atoms with E-state index in [0.717, 1.165) is 6.42 Å². The highest BCUT2D eigenvalue weighted by molar-refractivity contribution is 5.76. The van der Waals surface area contributed by atoms with Crippen molar-refractivity contribution in [2.24, 2.45) is 5.92 Å². The summed E-state index contributed by atoms with van der Waals surface area (Å²) in [6, 6.07) is 0. The molecule has 0 heterocycles. The van der Waals surface area contributed by atoms with Crippen LogP contribution in [0.25, 0.3) is 0 Å². The quantitative estimate of drug-likeness (QED) is 0.510. The zero-order chi connectivity index (χ0) is 11.7. The number of amides is 1. The van der Waals surface area contributed by atoms with Crippen LogP contribution in [0.5, 0.6) is 0 Å². The molecule has 0 aromatic heterocycles. The fourth-order valence-corrected chi connectivity index (χ4v) is 1.02. The Morgan fingerprint density at radius 3 is 2.67 bits per heavy atom. The average Bonchev–Trinajstić information content (AvgIpc) is 2.17. The second kappa shape index (κ2) is 8.31. The molecule has 0 saturated heterocycles. The fourth-order valence-electron chi connectivity index (χ4n) is 1.02. The summed E-state index contributed by atoms with van der Waals surface area (Å²) < 4.78 is 4.89. The van der Waals surface area contributed by atoms with E-state index >= 15 is 0 Å². The van der Waals surface area contributed by atoms with Gasteiger partial charge in [0.15, 0.2) is 0 Å². The van der Waals surface area contributed by atoms with Gasteiger partial charge in [0.25, 0.3) is 0 Å². The molecule has 3 heteroatoms. The van der Waals surface area contributed by atoms with Gasteiger partial charge < -0.3 is 9.64 Å². The molecule has 0 aromatic carbocycles. The Hall–Kier alpha value is -1.01. The van der Waals surface area contributed by atoms with Crippen LogP contribution in [-0.2, 0) is 9.53 Å². The SMILES string of the molecule is COCCCC(=O)N(C)CC#CC(C)C. The van der Waals surface area contributed by atoms with E-state index in [0.29, 0.717) is 25.5 Å². The summed E-state index contributed by atoms with van der Waals surface area (Å²) in [5.41, 5.74) is 0. The summed E-state index contributed by atoms with van der Waals surface area (Å²) in [6.07, 6.45) is 1.31. The van der Waals surface area contributed by atoms with Gasteiger partial charge in [-0.3, -0.25) is 4.79 Å². The molecule has 0 saturated carbocycles. The van der Waals surface area contributed by atoms with Gasteiger partial charge in [0.05, 0.1) is 6.54 Å². The lowest BCUT2D eigenvalue weighted by molar-refractivity contribution is -0.129. The Bertz CT molecular complexity index is 238. The van der Waals surface area contributed by atoms with Crippen LogP contribution in [0, 0.1) is 17.8 Å². The molecular formula is C12H21NO2. The van der Waals surface area contributed by atoms with Gasteiger partial charge in [-0.05, 0) is 6.42 Å². The van der Waals surface area contributed by atoms with Crippen molar-refractivity contribution in [1.82, 2.24) is 4.90 Å². The molecule has 0 radical (unpaired) electrons. The van der Waals surface area contributed by atoms with Gasteiger partial charge in [0.2, 0.25) is 5.91 Å². The minimum absolute atomic E-state index is 0.130. The van der Waals surface area contributed by atoms with E-state index in [2.05, 4.69) is 11.8 Å². The van der Waals surface area contributed by atoms with Crippen LogP contribution in [0.15, 0.2) is 0 Å². The molecule has 0 unspecified atom stereocenters. The Morgan fingerprint density at radius 1 is 1.47 bits per heavy atom. The van der Waals surface area contributed by atoms with Crippen LogP contribution in [0.2, 0.25) is 0 Å². The second-order valence-electron chi connectivity index (χ2n) is 3.82. The first-order valence-corrected chi connectivity index (χ1v) is 5.29. The van der Waals surface area contributed by atoms with Crippen molar-refractivity contribution in [3.8, 4) is 11.8 Å². The van der Waals surface area contributed by atoms with Crippen LogP contribution in [0.3, 0.4) is 0 Å². The van der Waals surface area contributed by atoms with Crippen molar-refractivity contribution in [3.05, 3.63) is 0 Å². The van der Waals surface area contributed by atoms with Crippen molar-refractivity contribution in [1.29, 1.82) is 0 Å². The summed E-state index contributed by atoms with van der Waals surface area (Å²) in [4.78, 5) is 13.2. The molecule has 0 spiro atoms. The lowest BCUT2D eigenvalue weighted by Crippen LogP contribution is -2.27. The molecule has 0 atom stereocenters. The van der Waals surface area contributed by atoms with Gasteiger partial charge in [-0.2, -0.15) is 0 Å². The number of carbonyl (C=O) groups is 1. The van der Waals surface area contributed by atoms with Crippen molar-refractivity contribution < 1.29 is 9.53 Å². The molecule has 0 aliphatic heterocycles. The maximum atomic E-state index is 11.5. The maximum absolute atomic E-state index is 11.5. The first kappa shape index (κ1) is 14.0. The molecule has 0 N–H and O–H groups in total. The summed E-state index contributed by atoms with van der Waals surface area (Å²) in [5.74, 6) is 6.50. The van der Waals surface area contributed by atoms with Crippen molar-refractivity contribution in [2.45, 2.75) is 26.7 Å². The molecule has 0 aliphatic carbocycles. The van der Waals surface area contributed by atoms with Crippen LogP contribution in [-0.4, -0.2) is 38.1 Å². The molecular weight excluding hydrogens is 190 g/mol. The number of carbonyl (C=O) groups excluding carboxylic acids is 1. The van der Waals surface area contributed by atoms with Gasteiger partial charge in [0, 0.05) is 33.1 Å². The fraction of sp³-hybridized carbons (Fsp3) is 0.750. The number of hydrogen-bond donors (Lipinski definition) is 0. The smallest absolute Gasteiger partial charge is 0.223 e. The first-order valence-electron chi connectivity index (χ1n) is 5.29. The molecule has 86 valence electrons. The van der Waals surface area contributed by atoms with E-state index in [4.69, 9.17) is 4.74 Å². The lowest BCUT2D eigenvalue weighted by Gasteiger charge is -2.13. The van der Waals surface area contributed by atoms with Crippen molar-refractivity contribution >= 4 is 5.91 Å². The van der Waals surface area contributed by atoms with E-state index in [9.17, 15) is 4.79 Å². The van der Waals surface area contributed by atoms with Gasteiger partial charge in [0.1, 0.15) is 0 Å². The Labute approximate surface area is 92.8 Å². The highest BCUT2D eigenvalue weighted by Crippen LogP contribution is 1.95. The number of ether oxygens (including phenoxy) is 1. The van der Waals surface area contributed by atoms with E-state index in [1.807, 2.05) is 13.8 Å². The Kier molecular flexibility index (Phi) is 7.75. The predicted octanol–water partition coefficient (Wildman–Crippen LogP) is 1.53. The topological polar surface area (TPSA) is 29.5 Å². The van der Waals surface area contributed by atoms with Gasteiger partial charge >= 0.3 is 0 Å². The Balaban J connectivity index is 3.75. The summed E-state index contributed by atoms with van der Waals surface area (Å²) >= 11 is 0. The van der Waals surface area contributed by atoms with Crippen LogP contribution in [0.1, 0.15) is 26.7 Å². The molecule has 0 fully saturated rings. The zero-order valence-corrected chi connectivity index (χ0v) is 10.2. The number of nitrogens with zero attached hydrogens (tertiary/aromatic N) is 1. The largest absolute Gasteiger partial charge is 0.385 e. The molecule has 3 nitrogen and oxygen atoms in total. The monoisotopic (exact) mass is 211 g/mol. The lowest BCUT2D eigenvalue weighted by atomic mass is 10.2. The normalized spacial score (nSPS) is 9.67. The molecule has 15 heavy (non-hydrogen) atoms. The average molecular weight is 211 g/mol. The number of methoxy groups -OCH3 is 1. The van der Waals surface area contributed by atoms with Gasteiger partial charge in [-0.15, -0.1) is 0 Å². The third-order valence-corrected chi connectivity index (χ3v) is 1.87. The highest BCUT2D eigenvalue weighted by atomic mass is 16.5. The highest BCUT2D eigenvalue weighted by Gasteiger charge is 2.05. The number of rotatable bonds is 5. The molecule has 0 aromatic rings. The van der Waals surface area contributed by atoms with E-state index in [1.165, 1.54) is 0 Å². The first-order chi connectivity index (χ1) is 7.07. The predicted molar refractivity (Wildman–Crippen MR) is 61.4 cm³/mol. The van der Waals surface area contributed by atoms with Crippen LogP contribution < -0.4 is 0 Å². The summed E-state index contributed by atoms with van der Waals surface area (Å²) in [6.45, 7) is 5.22. The van der Waals surface area contributed by atoms with Gasteiger partial charge in [-0.1, -0.05) is 25.7 Å². The van der Waals surface area contributed by atoms with E-state index < -0.39 is 0 Å². The van der Waals surface area contributed by atoms with Gasteiger partial charge in [-0.25, -0.2) is 0 Å². The summed E-state index contributed by atoms with van der Waals surface area (Å²) in [7, 11) is 3.42. The van der Waals surface area contributed by atoms with Crippen LogP contribution in [0.4, 0.5) is 0 Å². The molecule has 0 aliphatic rings. The van der Waals surface area contributed by atoms with Crippen LogP contribution >= 0.6 is 0 Å². The van der Waals surface area contributed by atoms with Crippen molar-refractivity contribution in [3.63, 3.8) is 0 Å². The maximum Gasteiger partial charge on any atom is 0.223 e. The standard InChI is InChI=1S/C12H21NO2/c1-11(2)7-5-9-13(3)12(14)8-6-10-15-4/h11H,6,8-10H2,1-4H3. The molecule has 0 bridgehead atoms. The summed E-state index contributed by atoms with van der Waals surface area (Å²) in [5, 5.41) is 0. The molecule has 0 rings (SSSR count). The second-order valence-corrected chi connectivity index (χ2v) is 3.82. The zero-order valence-electron chi connectivity index (χ0n) is 10.2. The third-order valence-electron chi connectivity index (χ3n) is 1.87. The Morgan fingerprint density at radius 2 is 2.13 bits per heavy atom. The third kappa shape index (κ3) is 8.02. The van der Waals surface area contributed by atoms with E-state index in [-0.39, 0.29) is 5.91 Å². The molecule has 1 amide bonds. The van der Waals surface area contributed by atoms with E-state index in [1.54, 1.807) is 19.1 Å². The van der Waals surface area contributed by atoms with Crippen molar-refractivity contribution in [2.75, 3.05) is 27.3 Å². The number of hydrogen-bond acceptors (Lipinski definition) is 2. The minimum Gasteiger partial charge on any atom is -0.385 e.